The number of hydrogen-bond donors (Lipinski definition) is 2. The molecule has 184 valence electrons. The van der Waals surface area contributed by atoms with Crippen molar-refractivity contribution in [2.75, 3.05) is 13.1 Å². The van der Waals surface area contributed by atoms with E-state index in [1.165, 1.54) is 0 Å². The second-order valence-electron chi connectivity index (χ2n) is 8.91. The maximum atomic E-state index is 12.8. The number of aryl methyl sites for hydroxylation is 2. The van der Waals surface area contributed by atoms with Crippen LogP contribution in [0.4, 0.5) is 0 Å². The van der Waals surface area contributed by atoms with Crippen molar-refractivity contribution < 1.29 is 16.8 Å². The van der Waals surface area contributed by atoms with Crippen LogP contribution in [0.1, 0.15) is 63.5 Å². The van der Waals surface area contributed by atoms with Crippen molar-refractivity contribution in [3.05, 3.63) is 59.7 Å². The normalized spacial score (nSPS) is 14.2. The predicted octanol–water partition coefficient (Wildman–Crippen LogP) is 4.93. The van der Waals surface area contributed by atoms with E-state index in [2.05, 4.69) is 23.3 Å². The molecular weight excluding hydrogens is 456 g/mol. The molecule has 8 heteroatoms. The molecule has 6 nitrogen and oxygen atoms in total. The summed E-state index contributed by atoms with van der Waals surface area (Å²) in [4.78, 5) is 0.520. The van der Waals surface area contributed by atoms with Gasteiger partial charge in [-0.25, -0.2) is 26.3 Å². The van der Waals surface area contributed by atoms with Gasteiger partial charge in [0.25, 0.3) is 0 Å². The van der Waals surface area contributed by atoms with Crippen molar-refractivity contribution >= 4 is 20.0 Å². The Hall–Kier alpha value is -1.74. The molecule has 0 spiro atoms. The van der Waals surface area contributed by atoms with Gasteiger partial charge in [0.1, 0.15) is 0 Å². The average molecular weight is 495 g/mol. The lowest BCUT2D eigenvalue weighted by Crippen LogP contribution is -2.38. The molecule has 0 heterocycles. The zero-order valence-electron chi connectivity index (χ0n) is 20.2. The lowest BCUT2D eigenvalue weighted by Gasteiger charge is -2.33. The molecule has 2 aromatic rings. The first-order chi connectivity index (χ1) is 15.5. The van der Waals surface area contributed by atoms with Crippen LogP contribution in [0, 0.1) is 19.3 Å². The van der Waals surface area contributed by atoms with Crippen LogP contribution in [0.15, 0.2) is 58.3 Å². The molecule has 0 amide bonds. The maximum Gasteiger partial charge on any atom is 0.240 e. The standard InChI is InChI=1S/C25H38N2O4S2/c1-5-7-17-25(6-2,20-27-33(30,31)24-15-11-22(4)12-16-24)18-8-19-26-32(28,29)23-13-9-21(3)10-14-23/h9-16,26-27H,5-8,17-20H2,1-4H3/t25-/m0/s1. The molecule has 0 aliphatic rings. The predicted molar refractivity (Wildman–Crippen MR) is 134 cm³/mol. The summed E-state index contributed by atoms with van der Waals surface area (Å²) in [6.45, 7) is 8.68. The van der Waals surface area contributed by atoms with E-state index in [0.717, 1.165) is 43.2 Å². The Morgan fingerprint density at radius 2 is 1.15 bits per heavy atom. The highest BCUT2D eigenvalue weighted by Crippen LogP contribution is 2.34. The van der Waals surface area contributed by atoms with Gasteiger partial charge >= 0.3 is 0 Å². The molecule has 0 aliphatic carbocycles. The maximum absolute atomic E-state index is 12.8. The minimum absolute atomic E-state index is 0.219. The third kappa shape index (κ3) is 8.21. The van der Waals surface area contributed by atoms with Gasteiger partial charge in [0.2, 0.25) is 20.0 Å². The third-order valence-corrected chi connectivity index (χ3v) is 9.18. The van der Waals surface area contributed by atoms with Crippen molar-refractivity contribution in [1.82, 2.24) is 9.44 Å². The summed E-state index contributed by atoms with van der Waals surface area (Å²) in [7, 11) is -7.16. The lowest BCUT2D eigenvalue weighted by atomic mass is 9.76. The SMILES string of the molecule is CCCC[C@@](CC)(CCCNS(=O)(=O)c1ccc(C)cc1)CNS(=O)(=O)c1ccc(C)cc1. The zero-order valence-corrected chi connectivity index (χ0v) is 21.9. The van der Waals surface area contributed by atoms with Crippen LogP contribution >= 0.6 is 0 Å². The quantitative estimate of drug-likeness (QED) is 0.364. The minimum atomic E-state index is -3.60. The van der Waals surface area contributed by atoms with Crippen molar-refractivity contribution in [3.8, 4) is 0 Å². The number of benzene rings is 2. The van der Waals surface area contributed by atoms with E-state index in [0.29, 0.717) is 19.5 Å². The van der Waals surface area contributed by atoms with E-state index in [1.54, 1.807) is 48.5 Å². The smallest absolute Gasteiger partial charge is 0.211 e. The number of nitrogens with one attached hydrogen (secondary N) is 2. The van der Waals surface area contributed by atoms with Crippen LogP contribution in [0.2, 0.25) is 0 Å². The van der Waals surface area contributed by atoms with Gasteiger partial charge in [-0.2, -0.15) is 0 Å². The van der Waals surface area contributed by atoms with Crippen LogP contribution < -0.4 is 9.44 Å². The molecule has 0 saturated carbocycles. The fourth-order valence-corrected chi connectivity index (χ4v) is 6.08. The van der Waals surface area contributed by atoms with Gasteiger partial charge in [0.05, 0.1) is 9.79 Å². The van der Waals surface area contributed by atoms with Crippen LogP contribution in [0.25, 0.3) is 0 Å². The summed E-state index contributed by atoms with van der Waals surface area (Å²) in [6, 6.07) is 13.6. The van der Waals surface area contributed by atoms with Gasteiger partial charge in [0.15, 0.2) is 0 Å². The molecule has 0 aromatic heterocycles. The van der Waals surface area contributed by atoms with Crippen molar-refractivity contribution in [2.45, 2.75) is 76.0 Å². The van der Waals surface area contributed by atoms with Crippen molar-refractivity contribution in [2.24, 2.45) is 5.41 Å². The van der Waals surface area contributed by atoms with Crippen molar-refractivity contribution in [3.63, 3.8) is 0 Å². The molecule has 0 bridgehead atoms. The van der Waals surface area contributed by atoms with Crippen LogP contribution in [0.3, 0.4) is 0 Å². The molecule has 2 N–H and O–H groups in total. The Morgan fingerprint density at radius 3 is 1.61 bits per heavy atom. The topological polar surface area (TPSA) is 92.3 Å². The highest BCUT2D eigenvalue weighted by Gasteiger charge is 2.29. The molecule has 0 saturated heterocycles. The first-order valence-corrected chi connectivity index (χ1v) is 14.6. The Morgan fingerprint density at radius 1 is 0.697 bits per heavy atom. The summed E-state index contributed by atoms with van der Waals surface area (Å²) in [6.07, 6.45) is 5.09. The van der Waals surface area contributed by atoms with E-state index < -0.39 is 20.0 Å². The van der Waals surface area contributed by atoms with Crippen LogP contribution in [0.5, 0.6) is 0 Å². The first-order valence-electron chi connectivity index (χ1n) is 11.7. The van der Waals surface area contributed by atoms with E-state index in [1.807, 2.05) is 13.8 Å². The molecule has 0 fully saturated rings. The molecule has 2 rings (SSSR count). The Kier molecular flexibility index (Phi) is 10.1. The number of rotatable bonds is 14. The Labute approximate surface area is 200 Å². The molecule has 1 atom stereocenters. The molecule has 2 aromatic carbocycles. The van der Waals surface area contributed by atoms with E-state index >= 15 is 0 Å². The monoisotopic (exact) mass is 494 g/mol. The second-order valence-corrected chi connectivity index (χ2v) is 12.4. The molecular formula is C25H38N2O4S2. The van der Waals surface area contributed by atoms with Gasteiger partial charge in [-0.3, -0.25) is 0 Å². The second kappa shape index (κ2) is 12.1. The molecule has 0 unspecified atom stereocenters. The lowest BCUT2D eigenvalue weighted by molar-refractivity contribution is 0.219. The fourth-order valence-electron chi connectivity index (χ4n) is 3.85. The van der Waals surface area contributed by atoms with Gasteiger partial charge in [-0.1, -0.05) is 62.1 Å². The summed E-state index contributed by atoms with van der Waals surface area (Å²) in [5.74, 6) is 0. The summed E-state index contributed by atoms with van der Waals surface area (Å²) in [5.41, 5.74) is 1.79. The van der Waals surface area contributed by atoms with E-state index in [-0.39, 0.29) is 15.2 Å². The highest BCUT2D eigenvalue weighted by molar-refractivity contribution is 7.89. The number of unbranched alkanes of at least 4 members (excludes halogenated alkanes) is 1. The van der Waals surface area contributed by atoms with Gasteiger partial charge in [-0.05, 0) is 69.2 Å². The van der Waals surface area contributed by atoms with Crippen LogP contribution in [-0.2, 0) is 20.0 Å². The Bertz CT molecular complexity index is 1080. The van der Waals surface area contributed by atoms with Gasteiger partial charge in [-0.15, -0.1) is 0 Å². The highest BCUT2D eigenvalue weighted by atomic mass is 32.2. The summed E-state index contributed by atoms with van der Waals surface area (Å²) >= 11 is 0. The molecule has 0 radical (unpaired) electrons. The summed E-state index contributed by atoms with van der Waals surface area (Å²) in [5, 5.41) is 0. The number of sulfonamides is 2. The first kappa shape index (κ1) is 27.5. The van der Waals surface area contributed by atoms with Crippen molar-refractivity contribution in [1.29, 1.82) is 0 Å². The zero-order chi connectivity index (χ0) is 24.5. The molecule has 33 heavy (non-hydrogen) atoms. The van der Waals surface area contributed by atoms with Gasteiger partial charge < -0.3 is 0 Å². The average Bonchev–Trinajstić information content (AvgIpc) is 2.79. The minimum Gasteiger partial charge on any atom is -0.211 e. The largest absolute Gasteiger partial charge is 0.240 e. The van der Waals surface area contributed by atoms with E-state index in [4.69, 9.17) is 0 Å². The van der Waals surface area contributed by atoms with Gasteiger partial charge in [0, 0.05) is 13.1 Å². The van der Waals surface area contributed by atoms with E-state index in [9.17, 15) is 16.8 Å². The van der Waals surface area contributed by atoms with Crippen LogP contribution in [-0.4, -0.2) is 29.9 Å². The third-order valence-electron chi connectivity index (χ3n) is 6.29. The Balaban J connectivity index is 2.02. The number of hydrogen-bond acceptors (Lipinski definition) is 4. The molecule has 0 aliphatic heterocycles. The fraction of sp³-hybridized carbons (Fsp3) is 0.520. The summed E-state index contributed by atoms with van der Waals surface area (Å²) < 4.78 is 56.2.